The van der Waals surface area contributed by atoms with Crippen molar-refractivity contribution in [1.82, 2.24) is 9.97 Å². The Hall–Kier alpha value is -3.45. The Balaban J connectivity index is 1.50. The molecule has 0 radical (unpaired) electrons. The van der Waals surface area contributed by atoms with E-state index in [1.165, 1.54) is 6.20 Å². The summed E-state index contributed by atoms with van der Waals surface area (Å²) < 4.78 is 6.57. The first-order chi connectivity index (χ1) is 13.6. The summed E-state index contributed by atoms with van der Waals surface area (Å²) in [6.45, 7) is 0. The third kappa shape index (κ3) is 3.94. The van der Waals surface area contributed by atoms with Crippen molar-refractivity contribution >= 4 is 38.3 Å². The molecule has 7 heteroatoms. The van der Waals surface area contributed by atoms with Crippen LogP contribution in [-0.4, -0.2) is 15.9 Å². The first-order valence-corrected chi connectivity index (χ1v) is 9.21. The molecule has 0 aliphatic carbocycles. The minimum atomic E-state index is -0.426. The number of halogens is 1. The molecule has 28 heavy (non-hydrogen) atoms. The second-order valence-electron chi connectivity index (χ2n) is 6.00. The van der Waals surface area contributed by atoms with Crippen LogP contribution in [0.15, 0.2) is 82.2 Å². The minimum Gasteiger partial charge on any atom is -0.439 e. The van der Waals surface area contributed by atoms with E-state index in [0.717, 1.165) is 4.47 Å². The number of benzene rings is 2. The van der Waals surface area contributed by atoms with Gasteiger partial charge in [-0.25, -0.2) is 4.98 Å². The van der Waals surface area contributed by atoms with Crippen molar-refractivity contribution in [1.29, 1.82) is 0 Å². The number of ether oxygens (including phenoxy) is 1. The summed E-state index contributed by atoms with van der Waals surface area (Å²) >= 11 is 3.38. The smallest absolute Gasteiger partial charge is 0.272 e. The lowest BCUT2D eigenvalue weighted by atomic mass is 10.1. The number of aromatic amines is 1. The Labute approximate surface area is 168 Å². The number of rotatable bonds is 4. The number of nitrogens with zero attached hydrogens (tertiary/aromatic N) is 1. The van der Waals surface area contributed by atoms with Crippen LogP contribution >= 0.6 is 15.9 Å². The summed E-state index contributed by atoms with van der Waals surface area (Å²) in [6.07, 6.45) is 1.49. The Morgan fingerprint density at radius 1 is 1.04 bits per heavy atom. The normalized spacial score (nSPS) is 10.6. The van der Waals surface area contributed by atoms with Crippen LogP contribution in [-0.2, 0) is 0 Å². The van der Waals surface area contributed by atoms with Gasteiger partial charge in [-0.2, -0.15) is 0 Å². The first kappa shape index (κ1) is 17.9. The van der Waals surface area contributed by atoms with Gasteiger partial charge in [-0.1, -0.05) is 40.2 Å². The van der Waals surface area contributed by atoms with Crippen molar-refractivity contribution in [2.45, 2.75) is 0 Å². The average molecular weight is 436 g/mol. The Morgan fingerprint density at radius 3 is 2.68 bits per heavy atom. The van der Waals surface area contributed by atoms with Gasteiger partial charge >= 0.3 is 0 Å². The van der Waals surface area contributed by atoms with Gasteiger partial charge in [-0.05, 0) is 41.8 Å². The molecule has 2 N–H and O–H groups in total. The zero-order chi connectivity index (χ0) is 19.5. The lowest BCUT2D eigenvalue weighted by Gasteiger charge is -2.08. The van der Waals surface area contributed by atoms with Crippen molar-refractivity contribution in [2.24, 2.45) is 0 Å². The van der Waals surface area contributed by atoms with Crippen LogP contribution in [0.25, 0.3) is 10.8 Å². The average Bonchev–Trinajstić information content (AvgIpc) is 2.69. The minimum absolute atomic E-state index is 0.179. The van der Waals surface area contributed by atoms with Crippen molar-refractivity contribution in [3.05, 3.63) is 93.4 Å². The summed E-state index contributed by atoms with van der Waals surface area (Å²) in [6, 6.07) is 19.5. The molecule has 6 nitrogen and oxygen atoms in total. The fourth-order valence-electron chi connectivity index (χ4n) is 2.70. The molecule has 1 amide bonds. The molecular formula is C21H14BrN3O3. The predicted molar refractivity (Wildman–Crippen MR) is 111 cm³/mol. The highest BCUT2D eigenvalue weighted by Crippen LogP contribution is 2.23. The molecule has 2 aromatic heterocycles. The molecule has 0 aliphatic heterocycles. The van der Waals surface area contributed by atoms with E-state index in [1.54, 1.807) is 36.4 Å². The maximum atomic E-state index is 12.5. The summed E-state index contributed by atoms with van der Waals surface area (Å²) in [7, 11) is 0. The quantitative estimate of drug-likeness (QED) is 0.485. The number of nitrogens with one attached hydrogen (secondary N) is 2. The van der Waals surface area contributed by atoms with E-state index in [2.05, 4.69) is 31.2 Å². The zero-order valence-electron chi connectivity index (χ0n) is 14.5. The summed E-state index contributed by atoms with van der Waals surface area (Å²) in [5.74, 6) is 0.618. The molecule has 4 rings (SSSR count). The molecule has 138 valence electrons. The van der Waals surface area contributed by atoms with Crippen molar-refractivity contribution in [3.63, 3.8) is 0 Å². The molecule has 4 aromatic rings. The Morgan fingerprint density at radius 2 is 1.89 bits per heavy atom. The van der Waals surface area contributed by atoms with Crippen LogP contribution in [0.3, 0.4) is 0 Å². The number of pyridine rings is 2. The van der Waals surface area contributed by atoms with Gasteiger partial charge in [0, 0.05) is 15.9 Å². The van der Waals surface area contributed by atoms with E-state index in [0.29, 0.717) is 28.1 Å². The summed E-state index contributed by atoms with van der Waals surface area (Å²) in [5.41, 5.74) is 0.359. The lowest BCUT2D eigenvalue weighted by molar-refractivity contribution is 0.102. The Bertz CT molecular complexity index is 1220. The molecule has 0 aliphatic rings. The van der Waals surface area contributed by atoms with Gasteiger partial charge in [0.15, 0.2) is 0 Å². The SMILES string of the molecule is O=C(Nc1ccc(Oc2cccc(Br)c2)nc1)c1cc2ccccc2c(=O)[nH]1. The van der Waals surface area contributed by atoms with Crippen LogP contribution in [0.1, 0.15) is 10.5 Å². The monoisotopic (exact) mass is 435 g/mol. The molecule has 0 atom stereocenters. The van der Waals surface area contributed by atoms with E-state index in [4.69, 9.17) is 4.74 Å². The van der Waals surface area contributed by atoms with Crippen LogP contribution in [0.4, 0.5) is 5.69 Å². The molecule has 0 saturated carbocycles. The number of anilines is 1. The van der Waals surface area contributed by atoms with Gasteiger partial charge in [-0.3, -0.25) is 9.59 Å². The van der Waals surface area contributed by atoms with E-state index in [-0.39, 0.29) is 11.3 Å². The summed E-state index contributed by atoms with van der Waals surface area (Å²) in [5, 5.41) is 3.95. The molecule has 2 aromatic carbocycles. The van der Waals surface area contributed by atoms with Crippen LogP contribution in [0.2, 0.25) is 0 Å². The molecule has 0 spiro atoms. The maximum Gasteiger partial charge on any atom is 0.272 e. The predicted octanol–water partition coefficient (Wildman–Crippen LogP) is 4.73. The van der Waals surface area contributed by atoms with Crippen molar-refractivity contribution in [2.75, 3.05) is 5.32 Å². The number of carbonyl (C=O) groups excluding carboxylic acids is 1. The van der Waals surface area contributed by atoms with Crippen molar-refractivity contribution < 1.29 is 9.53 Å². The van der Waals surface area contributed by atoms with Gasteiger partial charge in [0.1, 0.15) is 11.4 Å². The lowest BCUT2D eigenvalue weighted by Crippen LogP contribution is -2.19. The van der Waals surface area contributed by atoms with Gasteiger partial charge < -0.3 is 15.0 Å². The third-order valence-electron chi connectivity index (χ3n) is 4.01. The van der Waals surface area contributed by atoms with E-state index >= 15 is 0 Å². The standard InChI is InChI=1S/C21H14BrN3O3/c22-14-5-3-6-16(11-14)28-19-9-8-15(12-23-19)24-21(27)18-10-13-4-1-2-7-17(13)20(26)25-18/h1-12H,(H,24,27)(H,25,26). The van der Waals surface area contributed by atoms with Crippen LogP contribution in [0.5, 0.6) is 11.6 Å². The fourth-order valence-corrected chi connectivity index (χ4v) is 3.08. The van der Waals surface area contributed by atoms with E-state index in [9.17, 15) is 9.59 Å². The number of carbonyl (C=O) groups is 1. The number of amides is 1. The maximum absolute atomic E-state index is 12.5. The second kappa shape index (κ2) is 7.66. The van der Waals surface area contributed by atoms with Crippen molar-refractivity contribution in [3.8, 4) is 11.6 Å². The summed E-state index contributed by atoms with van der Waals surface area (Å²) in [4.78, 5) is 31.4. The number of hydrogen-bond donors (Lipinski definition) is 2. The highest BCUT2D eigenvalue weighted by atomic mass is 79.9. The molecule has 0 bridgehead atoms. The number of fused-ring (bicyclic) bond motifs is 1. The van der Waals surface area contributed by atoms with Crippen LogP contribution < -0.4 is 15.6 Å². The van der Waals surface area contributed by atoms with E-state index in [1.807, 2.05) is 30.3 Å². The van der Waals surface area contributed by atoms with Gasteiger partial charge in [0.2, 0.25) is 5.88 Å². The molecular weight excluding hydrogens is 422 g/mol. The highest BCUT2D eigenvalue weighted by molar-refractivity contribution is 9.10. The first-order valence-electron chi connectivity index (χ1n) is 8.41. The molecule has 0 fully saturated rings. The number of hydrogen-bond acceptors (Lipinski definition) is 4. The molecule has 0 unspecified atom stereocenters. The molecule has 2 heterocycles. The molecule has 0 saturated heterocycles. The topological polar surface area (TPSA) is 84.1 Å². The highest BCUT2D eigenvalue weighted by Gasteiger charge is 2.10. The third-order valence-corrected chi connectivity index (χ3v) is 4.50. The number of aromatic nitrogens is 2. The van der Waals surface area contributed by atoms with Crippen LogP contribution in [0, 0.1) is 0 Å². The van der Waals surface area contributed by atoms with Gasteiger partial charge in [0.05, 0.1) is 11.9 Å². The van der Waals surface area contributed by atoms with Gasteiger partial charge in [0.25, 0.3) is 11.5 Å². The number of H-pyrrole nitrogens is 1. The van der Waals surface area contributed by atoms with E-state index < -0.39 is 5.91 Å². The zero-order valence-corrected chi connectivity index (χ0v) is 16.1. The van der Waals surface area contributed by atoms with Gasteiger partial charge in [-0.15, -0.1) is 0 Å². The second-order valence-corrected chi connectivity index (χ2v) is 6.91. The largest absolute Gasteiger partial charge is 0.439 e. The Kier molecular flexibility index (Phi) is 4.90. The fraction of sp³-hybridized carbons (Fsp3) is 0.